The first-order valence-electron chi connectivity index (χ1n) is 4.68. The average Bonchev–Trinajstić information content (AvgIpc) is 2.22. The lowest BCUT2D eigenvalue weighted by Gasteiger charge is -2.16. The Hall–Kier alpha value is -1.78. The molecule has 0 aliphatic heterocycles. The van der Waals surface area contributed by atoms with Crippen LogP contribution in [0.4, 0.5) is 5.69 Å². The normalized spacial score (nSPS) is 12.2. The third-order valence-corrected chi connectivity index (χ3v) is 2.36. The van der Waals surface area contributed by atoms with Crippen LogP contribution in [0.2, 0.25) is 0 Å². The zero-order chi connectivity index (χ0) is 11.6. The molecule has 0 spiro atoms. The molecule has 0 bridgehead atoms. The number of hydrogen-bond donors (Lipinski definition) is 2. The zero-order valence-corrected chi connectivity index (χ0v) is 9.07. The van der Waals surface area contributed by atoms with Crippen molar-refractivity contribution in [1.29, 1.82) is 0 Å². The van der Waals surface area contributed by atoms with Crippen molar-refractivity contribution < 1.29 is 4.79 Å². The van der Waals surface area contributed by atoms with Crippen LogP contribution in [0.3, 0.4) is 0 Å². The van der Waals surface area contributed by atoms with Gasteiger partial charge in [0.05, 0.1) is 5.69 Å². The quantitative estimate of drug-likeness (QED) is 0.722. The third kappa shape index (κ3) is 2.01. The second-order valence-corrected chi connectivity index (χ2v) is 3.40. The van der Waals surface area contributed by atoms with Crippen molar-refractivity contribution in [3.05, 3.63) is 28.2 Å². The molecule has 0 radical (unpaired) electrons. The number of carbonyl (C=O) groups excluding carboxylic acids is 1. The van der Waals surface area contributed by atoms with Gasteiger partial charge < -0.3 is 11.1 Å². The Morgan fingerprint density at radius 3 is 2.67 bits per heavy atom. The highest BCUT2D eigenvalue weighted by atomic mass is 16.2. The van der Waals surface area contributed by atoms with E-state index in [-0.39, 0.29) is 17.2 Å². The number of pyridine rings is 1. The Bertz CT molecular complexity index is 437. The molecule has 0 aliphatic carbocycles. The van der Waals surface area contributed by atoms with Crippen molar-refractivity contribution >= 4 is 11.6 Å². The van der Waals surface area contributed by atoms with E-state index in [1.165, 1.54) is 11.6 Å². The van der Waals surface area contributed by atoms with Gasteiger partial charge in [0, 0.05) is 12.7 Å². The summed E-state index contributed by atoms with van der Waals surface area (Å²) in [6, 6.07) is 2.71. The van der Waals surface area contributed by atoms with E-state index in [9.17, 15) is 9.59 Å². The van der Waals surface area contributed by atoms with Crippen LogP contribution >= 0.6 is 0 Å². The van der Waals surface area contributed by atoms with Crippen LogP contribution in [0.1, 0.15) is 18.7 Å². The summed E-state index contributed by atoms with van der Waals surface area (Å²) in [6.45, 7) is 3.42. The minimum atomic E-state index is -0.550. The topological polar surface area (TPSA) is 77.1 Å². The minimum absolute atomic E-state index is 0.149. The van der Waals surface area contributed by atoms with Crippen molar-refractivity contribution in [2.45, 2.75) is 19.9 Å². The lowest BCUT2D eigenvalue weighted by atomic mass is 10.2. The first kappa shape index (κ1) is 11.3. The van der Waals surface area contributed by atoms with E-state index in [1.54, 1.807) is 26.0 Å². The molecular weight excluding hydrogens is 194 g/mol. The predicted octanol–water partition coefficient (Wildman–Crippen LogP) is 0.0459. The molecule has 0 saturated heterocycles. The van der Waals surface area contributed by atoms with Gasteiger partial charge in [-0.25, -0.2) is 0 Å². The second-order valence-electron chi connectivity index (χ2n) is 3.40. The number of hydrogen-bond acceptors (Lipinski definition) is 3. The molecule has 5 heteroatoms. The maximum absolute atomic E-state index is 11.7. The van der Waals surface area contributed by atoms with Crippen molar-refractivity contribution in [3.63, 3.8) is 0 Å². The van der Waals surface area contributed by atoms with Crippen LogP contribution < -0.4 is 16.6 Å². The van der Waals surface area contributed by atoms with Crippen LogP contribution in [0.25, 0.3) is 0 Å². The number of rotatable bonds is 2. The lowest BCUT2D eigenvalue weighted by Crippen LogP contribution is -2.35. The number of likely N-dealkylation sites (N-methyl/N-ethyl adjacent to an activating group) is 1. The van der Waals surface area contributed by atoms with Crippen LogP contribution in [0.5, 0.6) is 0 Å². The molecule has 1 aromatic rings. The molecule has 0 saturated carbocycles. The van der Waals surface area contributed by atoms with Gasteiger partial charge in [-0.3, -0.25) is 14.2 Å². The van der Waals surface area contributed by atoms with E-state index in [0.717, 1.165) is 0 Å². The van der Waals surface area contributed by atoms with Crippen LogP contribution in [-0.2, 0) is 4.79 Å². The highest BCUT2D eigenvalue weighted by Gasteiger charge is 2.16. The smallest absolute Gasteiger partial charge is 0.274 e. The molecule has 0 fully saturated rings. The first-order valence-corrected chi connectivity index (χ1v) is 4.68. The molecule has 1 atom stereocenters. The van der Waals surface area contributed by atoms with Gasteiger partial charge in [-0.15, -0.1) is 0 Å². The van der Waals surface area contributed by atoms with Crippen molar-refractivity contribution in [3.8, 4) is 0 Å². The predicted molar refractivity (Wildman–Crippen MR) is 58.6 cm³/mol. The fourth-order valence-corrected chi connectivity index (χ4v) is 1.47. The summed E-state index contributed by atoms with van der Waals surface area (Å²) in [5.41, 5.74) is 6.04. The number of anilines is 1. The number of aromatic nitrogens is 1. The summed E-state index contributed by atoms with van der Waals surface area (Å²) in [7, 11) is 1.53. The molecule has 15 heavy (non-hydrogen) atoms. The SMILES string of the molecule is CNC(=O)[C@H](C)n1c(C)ccc(N)c1=O. The Kier molecular flexibility index (Phi) is 3.14. The Morgan fingerprint density at radius 1 is 1.53 bits per heavy atom. The second kappa shape index (κ2) is 4.16. The summed E-state index contributed by atoms with van der Waals surface area (Å²) in [5, 5.41) is 2.50. The van der Waals surface area contributed by atoms with Gasteiger partial charge in [-0.2, -0.15) is 0 Å². The average molecular weight is 209 g/mol. The van der Waals surface area contributed by atoms with Gasteiger partial charge in [0.15, 0.2) is 0 Å². The third-order valence-electron chi connectivity index (χ3n) is 2.36. The number of nitrogens with zero attached hydrogens (tertiary/aromatic N) is 1. The molecule has 0 aliphatic rings. The highest BCUT2D eigenvalue weighted by Crippen LogP contribution is 2.08. The molecule has 1 amide bonds. The molecule has 1 aromatic heterocycles. The lowest BCUT2D eigenvalue weighted by molar-refractivity contribution is -0.123. The highest BCUT2D eigenvalue weighted by molar-refractivity contribution is 5.79. The van der Waals surface area contributed by atoms with E-state index in [2.05, 4.69) is 5.32 Å². The van der Waals surface area contributed by atoms with Gasteiger partial charge >= 0.3 is 0 Å². The number of nitrogens with two attached hydrogens (primary N) is 1. The van der Waals surface area contributed by atoms with Crippen LogP contribution in [0, 0.1) is 6.92 Å². The van der Waals surface area contributed by atoms with E-state index >= 15 is 0 Å². The molecule has 1 heterocycles. The number of carbonyl (C=O) groups is 1. The minimum Gasteiger partial charge on any atom is -0.394 e. The summed E-state index contributed by atoms with van der Waals surface area (Å²) in [4.78, 5) is 23.1. The summed E-state index contributed by atoms with van der Waals surface area (Å²) in [6.07, 6.45) is 0. The molecule has 0 unspecified atom stereocenters. The van der Waals surface area contributed by atoms with Crippen molar-refractivity contribution in [1.82, 2.24) is 9.88 Å². The van der Waals surface area contributed by atoms with Crippen molar-refractivity contribution in [2.24, 2.45) is 0 Å². The maximum atomic E-state index is 11.7. The first-order chi connectivity index (χ1) is 6.99. The number of amides is 1. The van der Waals surface area contributed by atoms with E-state index in [4.69, 9.17) is 5.73 Å². The van der Waals surface area contributed by atoms with Gasteiger partial charge in [0.25, 0.3) is 5.56 Å². The van der Waals surface area contributed by atoms with Gasteiger partial charge in [-0.05, 0) is 26.0 Å². The Morgan fingerprint density at radius 2 is 2.13 bits per heavy atom. The fraction of sp³-hybridized carbons (Fsp3) is 0.400. The molecule has 3 N–H and O–H groups in total. The molecule has 82 valence electrons. The van der Waals surface area contributed by atoms with Crippen LogP contribution in [-0.4, -0.2) is 17.5 Å². The van der Waals surface area contributed by atoms with E-state index in [1.807, 2.05) is 0 Å². The largest absolute Gasteiger partial charge is 0.394 e. The number of aryl methyl sites for hydroxylation is 1. The monoisotopic (exact) mass is 209 g/mol. The standard InChI is InChI=1S/C10H15N3O2/c1-6-4-5-8(11)10(15)13(6)7(2)9(14)12-3/h4-5,7H,11H2,1-3H3,(H,12,14)/t7-/m0/s1. The summed E-state index contributed by atoms with van der Waals surface area (Å²) < 4.78 is 1.38. The van der Waals surface area contributed by atoms with E-state index in [0.29, 0.717) is 5.69 Å². The molecule has 5 nitrogen and oxygen atoms in total. The Balaban J connectivity index is 3.30. The molecular formula is C10H15N3O2. The molecule has 1 rings (SSSR count). The zero-order valence-electron chi connectivity index (χ0n) is 9.07. The van der Waals surface area contributed by atoms with E-state index < -0.39 is 6.04 Å². The maximum Gasteiger partial charge on any atom is 0.274 e. The molecule has 0 aromatic carbocycles. The summed E-state index contributed by atoms with van der Waals surface area (Å²) in [5.74, 6) is -0.217. The number of nitrogens with one attached hydrogen (secondary N) is 1. The van der Waals surface area contributed by atoms with Gasteiger partial charge in [0.2, 0.25) is 5.91 Å². The Labute approximate surface area is 87.9 Å². The van der Waals surface area contributed by atoms with Gasteiger partial charge in [0.1, 0.15) is 6.04 Å². The van der Waals surface area contributed by atoms with Crippen molar-refractivity contribution in [2.75, 3.05) is 12.8 Å². The number of nitrogen functional groups attached to an aromatic ring is 1. The van der Waals surface area contributed by atoms with Crippen LogP contribution in [0.15, 0.2) is 16.9 Å². The van der Waals surface area contributed by atoms with Gasteiger partial charge in [-0.1, -0.05) is 0 Å². The summed E-state index contributed by atoms with van der Waals surface area (Å²) >= 11 is 0. The fourth-order valence-electron chi connectivity index (χ4n) is 1.47.